The van der Waals surface area contributed by atoms with Gasteiger partial charge in [0.25, 0.3) is 0 Å². The number of benzene rings is 3. The van der Waals surface area contributed by atoms with Gasteiger partial charge in [-0.3, -0.25) is 9.69 Å². The average molecular weight is 538 g/mol. The number of anilines is 1. The molecule has 3 aliphatic rings. The molecule has 206 valence electrons. The second-order valence-corrected chi connectivity index (χ2v) is 10.8. The zero-order chi connectivity index (χ0) is 27.6. The van der Waals surface area contributed by atoms with E-state index in [4.69, 9.17) is 9.47 Å². The molecule has 40 heavy (non-hydrogen) atoms. The van der Waals surface area contributed by atoms with E-state index in [1.807, 2.05) is 65.6 Å². The lowest BCUT2D eigenvalue weighted by molar-refractivity contribution is -0.116. The Morgan fingerprint density at radius 1 is 1.07 bits per heavy atom. The molecule has 2 heterocycles. The van der Waals surface area contributed by atoms with Gasteiger partial charge in [-0.05, 0) is 55.0 Å². The predicted molar refractivity (Wildman–Crippen MR) is 154 cm³/mol. The van der Waals surface area contributed by atoms with Gasteiger partial charge in [0.05, 0.1) is 13.2 Å². The van der Waals surface area contributed by atoms with Crippen molar-refractivity contribution in [2.45, 2.75) is 57.3 Å². The Hall–Kier alpha value is -4.10. The van der Waals surface area contributed by atoms with E-state index < -0.39 is 0 Å². The van der Waals surface area contributed by atoms with Crippen molar-refractivity contribution in [3.63, 3.8) is 0 Å². The van der Waals surface area contributed by atoms with Crippen LogP contribution >= 0.6 is 0 Å². The molecule has 0 bridgehead atoms. The number of allylic oxidation sites excluding steroid dienone is 1. The SMILES string of the molecule is COc1cc2c(cc1C(C)NC1C3CCC=C3N(C(=O)OCc3ccccc3)C1c1ccccc1)NC(=O)CC2. The van der Waals surface area contributed by atoms with Crippen LogP contribution in [0.2, 0.25) is 0 Å². The third-order valence-electron chi connectivity index (χ3n) is 8.34. The predicted octanol–water partition coefficient (Wildman–Crippen LogP) is 6.29. The number of ether oxygens (including phenoxy) is 2. The number of hydrogen-bond donors (Lipinski definition) is 2. The maximum Gasteiger partial charge on any atom is 0.414 e. The second-order valence-electron chi connectivity index (χ2n) is 10.8. The molecule has 2 N–H and O–H groups in total. The zero-order valence-corrected chi connectivity index (χ0v) is 22.9. The van der Waals surface area contributed by atoms with E-state index in [0.29, 0.717) is 12.8 Å². The van der Waals surface area contributed by atoms with Crippen LogP contribution < -0.4 is 15.4 Å². The first kappa shape index (κ1) is 26.1. The van der Waals surface area contributed by atoms with E-state index in [-0.39, 0.29) is 42.7 Å². The van der Waals surface area contributed by atoms with Gasteiger partial charge in [-0.25, -0.2) is 4.79 Å². The summed E-state index contributed by atoms with van der Waals surface area (Å²) in [5.74, 6) is 1.00. The van der Waals surface area contributed by atoms with Crippen LogP contribution in [0, 0.1) is 5.92 Å². The summed E-state index contributed by atoms with van der Waals surface area (Å²) in [7, 11) is 1.68. The van der Waals surface area contributed by atoms with Crippen molar-refractivity contribution >= 4 is 17.7 Å². The Morgan fingerprint density at radius 2 is 1.82 bits per heavy atom. The number of nitrogens with one attached hydrogen (secondary N) is 2. The molecule has 4 atom stereocenters. The fraction of sp³-hybridized carbons (Fsp3) is 0.333. The van der Waals surface area contributed by atoms with Crippen LogP contribution in [0.4, 0.5) is 10.5 Å². The molecule has 3 aromatic carbocycles. The number of hydrogen-bond acceptors (Lipinski definition) is 5. The Kier molecular flexibility index (Phi) is 7.30. The average Bonchev–Trinajstić information content (AvgIpc) is 3.57. The molecule has 2 amide bonds. The van der Waals surface area contributed by atoms with Crippen LogP contribution in [0.25, 0.3) is 0 Å². The van der Waals surface area contributed by atoms with Crippen molar-refractivity contribution in [3.05, 3.63) is 107 Å². The van der Waals surface area contributed by atoms with E-state index in [0.717, 1.165) is 52.2 Å². The minimum atomic E-state index is -0.332. The fourth-order valence-electron chi connectivity index (χ4n) is 6.43. The van der Waals surface area contributed by atoms with Crippen LogP contribution in [-0.2, 0) is 22.6 Å². The van der Waals surface area contributed by atoms with Gasteiger partial charge in [-0.15, -0.1) is 0 Å². The van der Waals surface area contributed by atoms with E-state index in [2.05, 4.69) is 35.8 Å². The summed E-state index contributed by atoms with van der Waals surface area (Å²) >= 11 is 0. The minimum Gasteiger partial charge on any atom is -0.496 e. The number of amides is 2. The smallest absolute Gasteiger partial charge is 0.414 e. The van der Waals surface area contributed by atoms with Crippen LogP contribution in [0.1, 0.15) is 60.5 Å². The van der Waals surface area contributed by atoms with Gasteiger partial charge >= 0.3 is 6.09 Å². The summed E-state index contributed by atoms with van der Waals surface area (Å²) in [6.45, 7) is 2.34. The normalized spacial score (nSPS) is 22.1. The first-order valence-electron chi connectivity index (χ1n) is 14.0. The Labute approximate surface area is 235 Å². The number of nitrogens with zero attached hydrogens (tertiary/aromatic N) is 1. The van der Waals surface area contributed by atoms with Gasteiger partial charge in [0.15, 0.2) is 0 Å². The van der Waals surface area contributed by atoms with Gasteiger partial charge in [0, 0.05) is 41.4 Å². The van der Waals surface area contributed by atoms with E-state index in [1.54, 1.807) is 7.11 Å². The molecule has 2 aliphatic heterocycles. The van der Waals surface area contributed by atoms with Crippen molar-refractivity contribution in [1.29, 1.82) is 0 Å². The Bertz CT molecular complexity index is 1420. The highest BCUT2D eigenvalue weighted by atomic mass is 16.6. The van der Waals surface area contributed by atoms with Gasteiger partial charge in [0.1, 0.15) is 12.4 Å². The number of likely N-dealkylation sites (tertiary alicyclic amines) is 1. The molecular weight excluding hydrogens is 502 g/mol. The summed E-state index contributed by atoms with van der Waals surface area (Å²) in [5, 5.41) is 6.90. The van der Waals surface area contributed by atoms with Crippen LogP contribution in [0.15, 0.2) is 84.6 Å². The molecule has 0 saturated carbocycles. The molecular formula is C33H35N3O4. The molecule has 1 fully saturated rings. The van der Waals surface area contributed by atoms with Gasteiger partial charge in [-0.2, -0.15) is 0 Å². The molecule has 7 nitrogen and oxygen atoms in total. The number of rotatable bonds is 7. The molecule has 1 saturated heterocycles. The minimum absolute atomic E-state index is 0.0363. The molecule has 3 aromatic rings. The summed E-state index contributed by atoms with van der Waals surface area (Å²) in [5.41, 5.74) is 5.95. The Morgan fingerprint density at radius 3 is 2.58 bits per heavy atom. The summed E-state index contributed by atoms with van der Waals surface area (Å²) in [4.78, 5) is 27.7. The summed E-state index contributed by atoms with van der Waals surface area (Å²) < 4.78 is 11.7. The highest BCUT2D eigenvalue weighted by Gasteiger charge is 2.50. The van der Waals surface area contributed by atoms with E-state index >= 15 is 0 Å². The standard InChI is InChI=1S/C33H35N3O4/c1-21(26-19-27-24(18-29(26)39-2)16-17-30(37)35-27)34-31-25-14-9-15-28(25)36(32(31)23-12-7-4-8-13-23)33(38)40-20-22-10-5-3-6-11-22/h3-8,10-13,15,18-19,21,25,31-32,34H,9,14,16-17,20H2,1-2H3,(H,35,37). The lowest BCUT2D eigenvalue weighted by Crippen LogP contribution is -2.41. The van der Waals surface area contributed by atoms with Crippen molar-refractivity contribution < 1.29 is 19.1 Å². The van der Waals surface area contributed by atoms with Crippen molar-refractivity contribution in [3.8, 4) is 5.75 Å². The maximum atomic E-state index is 13.7. The number of carbonyl (C=O) groups excluding carboxylic acids is 2. The molecule has 0 spiro atoms. The number of fused-ring (bicyclic) bond motifs is 2. The lowest BCUT2D eigenvalue weighted by atomic mass is 9.90. The van der Waals surface area contributed by atoms with Gasteiger partial charge in [-0.1, -0.05) is 66.7 Å². The van der Waals surface area contributed by atoms with E-state index in [9.17, 15) is 9.59 Å². The quantitative estimate of drug-likeness (QED) is 0.371. The monoisotopic (exact) mass is 537 g/mol. The third-order valence-corrected chi connectivity index (χ3v) is 8.34. The van der Waals surface area contributed by atoms with Gasteiger partial charge < -0.3 is 20.1 Å². The third kappa shape index (κ3) is 4.97. The summed E-state index contributed by atoms with van der Waals surface area (Å²) in [6, 6.07) is 23.7. The molecule has 0 radical (unpaired) electrons. The highest BCUT2D eigenvalue weighted by Crippen LogP contribution is 2.49. The molecule has 1 aliphatic carbocycles. The number of aryl methyl sites for hydroxylation is 1. The largest absolute Gasteiger partial charge is 0.496 e. The number of carbonyl (C=O) groups is 2. The zero-order valence-electron chi connectivity index (χ0n) is 22.9. The molecule has 6 rings (SSSR count). The van der Waals surface area contributed by atoms with Gasteiger partial charge in [0.2, 0.25) is 5.91 Å². The van der Waals surface area contributed by atoms with Crippen LogP contribution in [-0.4, -0.2) is 30.1 Å². The van der Waals surface area contributed by atoms with Crippen LogP contribution in [0.3, 0.4) is 0 Å². The highest BCUT2D eigenvalue weighted by molar-refractivity contribution is 5.94. The van der Waals surface area contributed by atoms with Crippen molar-refractivity contribution in [1.82, 2.24) is 10.2 Å². The topological polar surface area (TPSA) is 79.9 Å². The maximum absolute atomic E-state index is 13.7. The Balaban J connectivity index is 1.32. The van der Waals surface area contributed by atoms with Crippen molar-refractivity contribution in [2.24, 2.45) is 5.92 Å². The van der Waals surface area contributed by atoms with Crippen LogP contribution in [0.5, 0.6) is 5.75 Å². The summed E-state index contributed by atoms with van der Waals surface area (Å²) in [6.07, 6.45) is 4.92. The van der Waals surface area contributed by atoms with E-state index in [1.165, 1.54) is 0 Å². The molecule has 4 unspecified atom stereocenters. The molecule has 7 heteroatoms. The molecule has 0 aromatic heterocycles. The first-order chi connectivity index (χ1) is 19.5. The van der Waals surface area contributed by atoms with Crippen molar-refractivity contribution in [2.75, 3.05) is 12.4 Å². The number of methoxy groups -OCH3 is 1. The first-order valence-corrected chi connectivity index (χ1v) is 14.0. The second kappa shape index (κ2) is 11.2. The lowest BCUT2D eigenvalue weighted by Gasteiger charge is -2.32. The fourth-order valence-corrected chi connectivity index (χ4v) is 6.43.